The molecule has 0 fully saturated rings. The zero-order valence-electron chi connectivity index (χ0n) is 16.7. The number of aromatic hydroxyl groups is 2. The lowest BCUT2D eigenvalue weighted by molar-refractivity contribution is -0.122. The Hall–Kier alpha value is -3.30. The lowest BCUT2D eigenvalue weighted by Gasteiger charge is -2.20. The second-order valence-corrected chi connectivity index (χ2v) is 9.23. The van der Waals surface area contributed by atoms with Crippen LogP contribution in [0.2, 0.25) is 5.02 Å². The first kappa shape index (κ1) is 20.6. The Morgan fingerprint density at radius 3 is 2.72 bits per heavy atom. The van der Waals surface area contributed by atoms with Crippen molar-refractivity contribution in [3.8, 4) is 22.8 Å². The number of aryl methyl sites for hydroxylation is 1. The lowest BCUT2D eigenvalue weighted by Crippen LogP contribution is -2.27. The van der Waals surface area contributed by atoms with Crippen LogP contribution < -0.4 is 11.5 Å². The number of hydrogen-bond acceptors (Lipinski definition) is 7. The molecule has 0 unspecified atom stereocenters. The van der Waals surface area contributed by atoms with Crippen LogP contribution in [0.4, 0.5) is 0 Å². The number of thiophene rings is 1. The summed E-state index contributed by atoms with van der Waals surface area (Å²) in [6.07, 6.45) is 2.84. The predicted molar refractivity (Wildman–Crippen MR) is 120 cm³/mol. The Balaban J connectivity index is 1.75. The number of fused-ring (bicyclic) bond motifs is 3. The van der Waals surface area contributed by atoms with E-state index in [0.717, 1.165) is 42.6 Å². The van der Waals surface area contributed by atoms with Gasteiger partial charge in [0.05, 0.1) is 17.3 Å². The molecule has 1 amide bonds. The molecular formula is C22H18ClN3O5S. The van der Waals surface area contributed by atoms with E-state index in [1.807, 2.05) is 0 Å². The molecule has 1 aliphatic carbocycles. The second-order valence-electron chi connectivity index (χ2n) is 7.77. The molecule has 0 bridgehead atoms. The van der Waals surface area contributed by atoms with Crippen LogP contribution in [0.15, 0.2) is 39.7 Å². The Kier molecular flexibility index (Phi) is 4.94. The highest BCUT2D eigenvalue weighted by molar-refractivity contribution is 7.19. The van der Waals surface area contributed by atoms with Gasteiger partial charge in [-0.3, -0.25) is 4.79 Å². The van der Waals surface area contributed by atoms with Gasteiger partial charge in [-0.05, 0) is 42.5 Å². The van der Waals surface area contributed by atoms with E-state index < -0.39 is 5.76 Å². The van der Waals surface area contributed by atoms with Crippen LogP contribution in [0.25, 0.3) is 21.3 Å². The Morgan fingerprint density at radius 1 is 1.31 bits per heavy atom. The number of rotatable bonds is 4. The average Bonchev–Trinajstić information content (AvgIpc) is 3.28. The van der Waals surface area contributed by atoms with Crippen LogP contribution in [0.1, 0.15) is 22.6 Å². The Labute approximate surface area is 190 Å². The molecule has 0 spiro atoms. The molecule has 1 aliphatic rings. The minimum atomic E-state index is -0.721. The molecule has 0 saturated heterocycles. The van der Waals surface area contributed by atoms with Crippen LogP contribution in [-0.2, 0) is 24.2 Å². The maximum Gasteiger partial charge on any atom is 0.422 e. The van der Waals surface area contributed by atoms with Crippen molar-refractivity contribution in [2.24, 2.45) is 11.7 Å². The molecule has 164 valence electrons. The zero-order valence-corrected chi connectivity index (χ0v) is 18.2. The topological polar surface area (TPSA) is 132 Å². The monoisotopic (exact) mass is 471 g/mol. The molecule has 0 saturated carbocycles. The quantitative estimate of drug-likeness (QED) is 0.418. The molecule has 0 aliphatic heterocycles. The summed E-state index contributed by atoms with van der Waals surface area (Å²) in [5.74, 6) is -1.45. The Morgan fingerprint density at radius 2 is 2.06 bits per heavy atom. The maximum atomic E-state index is 12.0. The van der Waals surface area contributed by atoms with E-state index in [1.165, 1.54) is 11.3 Å². The van der Waals surface area contributed by atoms with Crippen molar-refractivity contribution in [1.82, 2.24) is 9.55 Å². The summed E-state index contributed by atoms with van der Waals surface area (Å²) >= 11 is 8.32. The smallest absolute Gasteiger partial charge is 0.422 e. The number of oxazole rings is 1. The molecule has 3 aromatic heterocycles. The number of carbonyl (C=O) groups excluding carboxylic acids is 1. The van der Waals surface area contributed by atoms with Gasteiger partial charge in [0.1, 0.15) is 10.6 Å². The summed E-state index contributed by atoms with van der Waals surface area (Å²) in [6.45, 7) is -0.0759. The first-order chi connectivity index (χ1) is 15.3. The molecule has 4 N–H and O–H groups in total. The highest BCUT2D eigenvalue weighted by Crippen LogP contribution is 2.45. The van der Waals surface area contributed by atoms with Gasteiger partial charge >= 0.3 is 5.76 Å². The number of amides is 1. The van der Waals surface area contributed by atoms with Crippen molar-refractivity contribution < 1.29 is 19.4 Å². The SMILES string of the molecule is NC(=O)[C@H]1CCc2c(sc3nc(Cn4c(O)coc4=O)c(Cl)c(-c4ccc(O)cc4)c23)C1. The summed E-state index contributed by atoms with van der Waals surface area (Å²) in [7, 11) is 0. The van der Waals surface area contributed by atoms with Crippen LogP contribution in [0.5, 0.6) is 11.6 Å². The highest BCUT2D eigenvalue weighted by atomic mass is 35.5. The van der Waals surface area contributed by atoms with Crippen molar-refractivity contribution in [3.05, 3.63) is 62.2 Å². The average molecular weight is 472 g/mol. The molecule has 1 atom stereocenters. The predicted octanol–water partition coefficient (Wildman–Crippen LogP) is 3.42. The van der Waals surface area contributed by atoms with E-state index in [1.54, 1.807) is 24.3 Å². The fraction of sp³-hybridized carbons (Fsp3) is 0.227. The van der Waals surface area contributed by atoms with Gasteiger partial charge < -0.3 is 20.4 Å². The van der Waals surface area contributed by atoms with E-state index in [-0.39, 0.29) is 30.0 Å². The number of hydrogen-bond donors (Lipinski definition) is 3. The molecule has 4 aromatic rings. The van der Waals surface area contributed by atoms with Gasteiger partial charge in [0.25, 0.3) is 0 Å². The number of aromatic nitrogens is 2. The number of nitrogens with zero attached hydrogens (tertiary/aromatic N) is 2. The third-order valence-corrected chi connectivity index (χ3v) is 7.39. The van der Waals surface area contributed by atoms with Crippen molar-refractivity contribution in [2.45, 2.75) is 25.8 Å². The minimum absolute atomic E-state index is 0.0759. The number of nitrogens with two attached hydrogens (primary N) is 1. The minimum Gasteiger partial charge on any atom is -0.508 e. The summed E-state index contributed by atoms with van der Waals surface area (Å²) in [6, 6.07) is 6.68. The van der Waals surface area contributed by atoms with E-state index in [9.17, 15) is 19.8 Å². The number of carbonyl (C=O) groups is 1. The van der Waals surface area contributed by atoms with Crippen molar-refractivity contribution in [3.63, 3.8) is 0 Å². The van der Waals surface area contributed by atoms with E-state index >= 15 is 0 Å². The van der Waals surface area contributed by atoms with Crippen LogP contribution in [-0.4, -0.2) is 25.7 Å². The third-order valence-electron chi connectivity index (χ3n) is 5.83. The van der Waals surface area contributed by atoms with Gasteiger partial charge in [-0.1, -0.05) is 23.7 Å². The summed E-state index contributed by atoms with van der Waals surface area (Å²) in [4.78, 5) is 30.2. The van der Waals surface area contributed by atoms with Gasteiger partial charge in [0, 0.05) is 21.7 Å². The number of halogens is 1. The second kappa shape index (κ2) is 7.68. The van der Waals surface area contributed by atoms with Crippen molar-refractivity contribution >= 4 is 39.1 Å². The molecule has 32 heavy (non-hydrogen) atoms. The third kappa shape index (κ3) is 3.34. The first-order valence-corrected chi connectivity index (χ1v) is 11.1. The van der Waals surface area contributed by atoms with Gasteiger partial charge in [0.15, 0.2) is 6.26 Å². The molecule has 0 radical (unpaired) electrons. The van der Waals surface area contributed by atoms with Crippen LogP contribution in [0.3, 0.4) is 0 Å². The van der Waals surface area contributed by atoms with Gasteiger partial charge in [-0.25, -0.2) is 14.3 Å². The lowest BCUT2D eigenvalue weighted by atomic mass is 9.86. The summed E-state index contributed by atoms with van der Waals surface area (Å²) < 4.78 is 5.78. The van der Waals surface area contributed by atoms with Crippen molar-refractivity contribution in [1.29, 1.82) is 0 Å². The molecular weight excluding hydrogens is 454 g/mol. The maximum absolute atomic E-state index is 12.0. The standard InChI is InChI=1S/C22H18ClN3O5S/c23-19-14(8-26-16(28)9-31-22(26)30)25-21-18(17(19)10-1-4-12(27)5-2-10)13-6-3-11(20(24)29)7-15(13)32-21/h1-2,4-5,9,11,27-28H,3,6-8H2,(H2,24,29)/t11-/m0/s1. The van der Waals surface area contributed by atoms with Crippen molar-refractivity contribution in [2.75, 3.05) is 0 Å². The van der Waals surface area contributed by atoms with Gasteiger partial charge in [-0.15, -0.1) is 11.3 Å². The van der Waals surface area contributed by atoms with E-state index in [2.05, 4.69) is 0 Å². The van der Waals surface area contributed by atoms with Gasteiger partial charge in [-0.2, -0.15) is 0 Å². The van der Waals surface area contributed by atoms with E-state index in [0.29, 0.717) is 30.0 Å². The Bertz CT molecular complexity index is 1420. The van der Waals surface area contributed by atoms with Crippen LogP contribution >= 0.6 is 22.9 Å². The molecule has 3 heterocycles. The zero-order chi connectivity index (χ0) is 22.6. The molecule has 10 heteroatoms. The fourth-order valence-corrected chi connectivity index (χ4v) is 5.83. The van der Waals surface area contributed by atoms with Gasteiger partial charge in [0.2, 0.25) is 11.8 Å². The number of phenolic OH excluding ortho intramolecular Hbond substituents is 1. The number of pyridine rings is 1. The largest absolute Gasteiger partial charge is 0.508 e. The normalized spacial score (nSPS) is 15.7. The number of primary amides is 1. The molecule has 8 nitrogen and oxygen atoms in total. The summed E-state index contributed by atoms with van der Waals surface area (Å²) in [5.41, 5.74) is 8.55. The first-order valence-electron chi connectivity index (χ1n) is 9.92. The molecule has 1 aromatic carbocycles. The molecule has 5 rings (SSSR count). The highest BCUT2D eigenvalue weighted by Gasteiger charge is 2.29. The fourth-order valence-electron chi connectivity index (χ4n) is 4.20. The summed E-state index contributed by atoms with van der Waals surface area (Å²) in [5, 5.41) is 20.9. The number of phenols is 1. The van der Waals surface area contributed by atoms with Crippen LogP contribution in [0, 0.1) is 5.92 Å². The number of benzene rings is 1. The van der Waals surface area contributed by atoms with E-state index in [4.69, 9.17) is 26.7 Å².